The predicted octanol–water partition coefficient (Wildman–Crippen LogP) is 3.49. The van der Waals surface area contributed by atoms with Gasteiger partial charge in [0.1, 0.15) is 18.7 Å². The maximum Gasteiger partial charge on any atom is 0.416 e. The second-order valence-corrected chi connectivity index (χ2v) is 10.5. The third-order valence-corrected chi connectivity index (χ3v) is 7.24. The van der Waals surface area contributed by atoms with E-state index < -0.39 is 48.3 Å². The number of thioether (sulfide) groups is 1. The number of nitrogens with one attached hydrogen (secondary N) is 2. The van der Waals surface area contributed by atoms with E-state index in [0.717, 1.165) is 5.56 Å². The number of rotatable bonds is 10. The van der Waals surface area contributed by atoms with Crippen molar-refractivity contribution in [3.05, 3.63) is 71.8 Å². The van der Waals surface area contributed by atoms with Crippen molar-refractivity contribution in [2.45, 2.75) is 57.3 Å². The summed E-state index contributed by atoms with van der Waals surface area (Å²) in [5.41, 5.74) is 1.26. The van der Waals surface area contributed by atoms with E-state index in [9.17, 15) is 32.7 Å². The largest absolute Gasteiger partial charge is 0.445 e. The van der Waals surface area contributed by atoms with Crippen molar-refractivity contribution in [1.82, 2.24) is 15.5 Å². The van der Waals surface area contributed by atoms with Crippen LogP contribution in [0.1, 0.15) is 25.0 Å². The van der Waals surface area contributed by atoms with Crippen molar-refractivity contribution < 1.29 is 37.4 Å². The molecule has 1 fully saturated rings. The number of aliphatic hydroxyl groups excluding tert-OH is 1. The number of alkyl halides is 3. The normalized spacial score (nSPS) is 17.8. The van der Waals surface area contributed by atoms with Crippen LogP contribution in [0, 0.1) is 5.92 Å². The SMILES string of the molecule is CC(C)[C@H](NC(=O)OCc1ccccc1)C(=O)N1CSC[C@H]1C(=O)NC(Cc1ccccc1)C(O)C(F)(F)F. The summed E-state index contributed by atoms with van der Waals surface area (Å²) >= 11 is 1.26. The van der Waals surface area contributed by atoms with Gasteiger partial charge in [-0.15, -0.1) is 11.8 Å². The molecule has 39 heavy (non-hydrogen) atoms. The van der Waals surface area contributed by atoms with E-state index >= 15 is 0 Å². The van der Waals surface area contributed by atoms with Crippen molar-refractivity contribution >= 4 is 29.7 Å². The van der Waals surface area contributed by atoms with E-state index in [1.54, 1.807) is 68.4 Å². The minimum absolute atomic E-state index is 0.000606. The monoisotopic (exact) mass is 567 g/mol. The lowest BCUT2D eigenvalue weighted by molar-refractivity contribution is -0.212. The first-order chi connectivity index (χ1) is 18.5. The molecule has 0 aromatic heterocycles. The molecule has 12 heteroatoms. The highest BCUT2D eigenvalue weighted by Gasteiger charge is 2.46. The topological polar surface area (TPSA) is 108 Å². The van der Waals surface area contributed by atoms with Crippen LogP contribution in [0.4, 0.5) is 18.0 Å². The van der Waals surface area contributed by atoms with Gasteiger partial charge in [0.05, 0.1) is 11.9 Å². The number of aliphatic hydroxyl groups is 1. The average molecular weight is 568 g/mol. The number of hydrogen-bond donors (Lipinski definition) is 3. The van der Waals surface area contributed by atoms with Gasteiger partial charge < -0.3 is 25.4 Å². The number of amides is 3. The van der Waals surface area contributed by atoms with Gasteiger partial charge in [0.2, 0.25) is 11.8 Å². The van der Waals surface area contributed by atoms with E-state index in [0.29, 0.717) is 5.56 Å². The molecular weight excluding hydrogens is 535 g/mol. The molecule has 0 bridgehead atoms. The fraction of sp³-hybridized carbons (Fsp3) is 0.444. The summed E-state index contributed by atoms with van der Waals surface area (Å²) < 4.78 is 45.4. The van der Waals surface area contributed by atoms with E-state index in [1.807, 2.05) is 6.07 Å². The molecule has 212 valence electrons. The number of alkyl carbamates (subject to hydrolysis) is 1. The summed E-state index contributed by atoms with van der Waals surface area (Å²) in [5.74, 6) is -1.46. The smallest absolute Gasteiger partial charge is 0.416 e. The molecule has 0 radical (unpaired) electrons. The maximum atomic E-state index is 13.4. The van der Waals surface area contributed by atoms with Gasteiger partial charge in [-0.1, -0.05) is 74.5 Å². The van der Waals surface area contributed by atoms with Crippen LogP contribution in [0.25, 0.3) is 0 Å². The number of halogens is 3. The van der Waals surface area contributed by atoms with Crippen molar-refractivity contribution in [3.63, 3.8) is 0 Å². The highest BCUT2D eigenvalue weighted by molar-refractivity contribution is 7.99. The number of ether oxygens (including phenoxy) is 1. The molecule has 0 spiro atoms. The molecule has 0 saturated carbocycles. The lowest BCUT2D eigenvalue weighted by Crippen LogP contribution is -2.59. The number of nitrogens with zero attached hydrogens (tertiary/aromatic N) is 1. The van der Waals surface area contributed by atoms with Crippen LogP contribution in [-0.4, -0.2) is 69.9 Å². The summed E-state index contributed by atoms with van der Waals surface area (Å²) in [4.78, 5) is 40.2. The number of hydrogen-bond acceptors (Lipinski definition) is 6. The van der Waals surface area contributed by atoms with Crippen molar-refractivity contribution in [3.8, 4) is 0 Å². The summed E-state index contributed by atoms with van der Waals surface area (Å²) in [5, 5.41) is 14.8. The zero-order valence-electron chi connectivity index (χ0n) is 21.6. The standard InChI is InChI=1S/C27H32F3N3O5S/c1-17(2)22(32-26(37)38-14-19-11-7-4-8-12-19)25(36)33-16-39-15-21(33)24(35)31-20(23(34)27(28,29)30)13-18-9-5-3-6-10-18/h3-12,17,20-23,34H,13-16H2,1-2H3,(H,31,35)(H,32,37)/t20?,21-,22-,23?/m0/s1. The highest BCUT2D eigenvalue weighted by atomic mass is 32.2. The Kier molecular flexibility index (Phi) is 10.6. The molecule has 3 rings (SSSR count). The zero-order valence-corrected chi connectivity index (χ0v) is 22.4. The van der Waals surface area contributed by atoms with E-state index in [2.05, 4.69) is 10.6 Å². The van der Waals surface area contributed by atoms with Gasteiger partial charge in [-0.25, -0.2) is 4.79 Å². The molecule has 0 aliphatic carbocycles. The van der Waals surface area contributed by atoms with Crippen molar-refractivity contribution in [2.24, 2.45) is 5.92 Å². The van der Waals surface area contributed by atoms with Crippen LogP contribution in [0.15, 0.2) is 60.7 Å². The van der Waals surface area contributed by atoms with Crippen LogP contribution >= 0.6 is 11.8 Å². The van der Waals surface area contributed by atoms with Crippen LogP contribution in [0.5, 0.6) is 0 Å². The van der Waals surface area contributed by atoms with Gasteiger partial charge in [-0.2, -0.15) is 13.2 Å². The maximum absolute atomic E-state index is 13.4. The first kappa shape index (κ1) is 30.3. The first-order valence-corrected chi connectivity index (χ1v) is 13.6. The minimum atomic E-state index is -4.96. The molecule has 1 saturated heterocycles. The number of carbonyl (C=O) groups excluding carboxylic acids is 3. The lowest BCUT2D eigenvalue weighted by atomic mass is 10.00. The van der Waals surface area contributed by atoms with Gasteiger partial charge in [0.25, 0.3) is 0 Å². The first-order valence-electron chi connectivity index (χ1n) is 12.4. The molecule has 1 aliphatic rings. The summed E-state index contributed by atoms with van der Waals surface area (Å²) in [6.45, 7) is 3.43. The summed E-state index contributed by atoms with van der Waals surface area (Å²) in [6, 6.07) is 13.4. The van der Waals surface area contributed by atoms with Gasteiger partial charge in [-0.3, -0.25) is 9.59 Å². The van der Waals surface area contributed by atoms with E-state index in [-0.39, 0.29) is 30.6 Å². The van der Waals surface area contributed by atoms with Crippen LogP contribution in [0.3, 0.4) is 0 Å². The molecule has 2 unspecified atom stereocenters. The van der Waals surface area contributed by atoms with Gasteiger partial charge in [0.15, 0.2) is 6.10 Å². The molecule has 4 atom stereocenters. The van der Waals surface area contributed by atoms with Crippen LogP contribution in [-0.2, 0) is 27.4 Å². The van der Waals surface area contributed by atoms with Crippen molar-refractivity contribution in [2.75, 3.05) is 11.6 Å². The third kappa shape index (κ3) is 8.62. The molecule has 3 amide bonds. The quantitative estimate of drug-likeness (QED) is 0.406. The number of benzene rings is 2. The van der Waals surface area contributed by atoms with E-state index in [1.165, 1.54) is 16.7 Å². The van der Waals surface area contributed by atoms with Crippen molar-refractivity contribution in [1.29, 1.82) is 0 Å². The Balaban J connectivity index is 1.68. The Labute approximate surface area is 229 Å². The Bertz CT molecular complexity index is 1100. The fourth-order valence-electron chi connectivity index (χ4n) is 4.08. The zero-order chi connectivity index (χ0) is 28.6. The summed E-state index contributed by atoms with van der Waals surface area (Å²) in [6.07, 6.45) is -8.83. The Morgan fingerprint density at radius 2 is 1.62 bits per heavy atom. The van der Waals surface area contributed by atoms with Crippen LogP contribution in [0.2, 0.25) is 0 Å². The molecule has 2 aromatic carbocycles. The second kappa shape index (κ2) is 13.7. The molecule has 3 N–H and O–H groups in total. The van der Waals surface area contributed by atoms with Gasteiger partial charge in [-0.05, 0) is 23.5 Å². The van der Waals surface area contributed by atoms with E-state index in [4.69, 9.17) is 4.74 Å². The molecule has 8 nitrogen and oxygen atoms in total. The summed E-state index contributed by atoms with van der Waals surface area (Å²) in [7, 11) is 0. The third-order valence-electron chi connectivity index (χ3n) is 6.23. The minimum Gasteiger partial charge on any atom is -0.445 e. The lowest BCUT2D eigenvalue weighted by Gasteiger charge is -2.32. The second-order valence-electron chi connectivity index (χ2n) is 9.54. The van der Waals surface area contributed by atoms with Gasteiger partial charge >= 0.3 is 12.3 Å². The molecule has 2 aromatic rings. The molecule has 1 aliphatic heterocycles. The van der Waals surface area contributed by atoms with Crippen LogP contribution < -0.4 is 10.6 Å². The Morgan fingerprint density at radius 3 is 2.18 bits per heavy atom. The molecular formula is C27H32F3N3O5S. The Morgan fingerprint density at radius 1 is 1.03 bits per heavy atom. The fourth-order valence-corrected chi connectivity index (χ4v) is 5.24. The highest BCUT2D eigenvalue weighted by Crippen LogP contribution is 2.26. The Hall–Kier alpha value is -3.25. The average Bonchev–Trinajstić information content (AvgIpc) is 3.40. The number of carbonyl (C=O) groups is 3. The molecule has 1 heterocycles. The predicted molar refractivity (Wildman–Crippen MR) is 140 cm³/mol. The van der Waals surface area contributed by atoms with Gasteiger partial charge in [0, 0.05) is 5.75 Å².